The van der Waals surface area contributed by atoms with Gasteiger partial charge in [0.1, 0.15) is 5.82 Å². The van der Waals surface area contributed by atoms with Crippen molar-refractivity contribution in [1.29, 1.82) is 0 Å². The molecule has 4 rings (SSSR count). The number of carbonyl (C=O) groups excluding carboxylic acids is 1. The fourth-order valence-electron chi connectivity index (χ4n) is 4.34. The zero-order chi connectivity index (χ0) is 27.2. The smallest absolute Gasteiger partial charge is 0.303 e. The van der Waals surface area contributed by atoms with Crippen molar-refractivity contribution in [3.05, 3.63) is 94.4 Å². The third kappa shape index (κ3) is 6.72. The Morgan fingerprint density at radius 1 is 0.947 bits per heavy atom. The fraction of sp³-hybridized carbons (Fsp3) is 0.267. The van der Waals surface area contributed by atoms with Gasteiger partial charge in [0.05, 0.1) is 28.5 Å². The summed E-state index contributed by atoms with van der Waals surface area (Å²) in [6.45, 7) is 3.99. The number of amides is 1. The number of nitrogens with zero attached hydrogens (tertiary/aromatic N) is 2. The van der Waals surface area contributed by atoms with Gasteiger partial charge in [0, 0.05) is 22.6 Å². The molecule has 0 radical (unpaired) electrons. The Balaban J connectivity index is 1.65. The van der Waals surface area contributed by atoms with Crippen LogP contribution in [0.15, 0.2) is 66.7 Å². The molecule has 1 amide bonds. The average molecular weight is 534 g/mol. The molecule has 1 aromatic heterocycles. The summed E-state index contributed by atoms with van der Waals surface area (Å²) in [6, 6.07) is 18.4. The van der Waals surface area contributed by atoms with Gasteiger partial charge >= 0.3 is 5.97 Å². The van der Waals surface area contributed by atoms with Crippen molar-refractivity contribution >= 4 is 34.5 Å². The number of rotatable bonds is 10. The van der Waals surface area contributed by atoms with Crippen molar-refractivity contribution in [3.8, 4) is 11.3 Å². The van der Waals surface area contributed by atoms with Crippen LogP contribution in [0, 0.1) is 11.7 Å². The van der Waals surface area contributed by atoms with Gasteiger partial charge in [-0.2, -0.15) is 0 Å². The Morgan fingerprint density at radius 2 is 1.66 bits per heavy atom. The molecule has 0 unspecified atom stereocenters. The number of hydrogen-bond donors (Lipinski definition) is 2. The van der Waals surface area contributed by atoms with Crippen molar-refractivity contribution in [2.75, 3.05) is 0 Å². The first kappa shape index (κ1) is 27.2. The minimum atomic E-state index is -0.830. The number of nitrogens with one attached hydrogen (secondary N) is 1. The Labute approximate surface area is 225 Å². The predicted octanol–water partition coefficient (Wildman–Crippen LogP) is 7.01. The second-order valence-corrected chi connectivity index (χ2v) is 10.0. The summed E-state index contributed by atoms with van der Waals surface area (Å²) in [7, 11) is 0. The average Bonchev–Trinajstić information content (AvgIpc) is 2.89. The maximum absolute atomic E-state index is 13.4. The van der Waals surface area contributed by atoms with Gasteiger partial charge in [0.15, 0.2) is 0 Å². The van der Waals surface area contributed by atoms with Gasteiger partial charge in [0.2, 0.25) is 0 Å². The molecule has 1 heterocycles. The van der Waals surface area contributed by atoms with Gasteiger partial charge in [-0.05, 0) is 73.2 Å². The van der Waals surface area contributed by atoms with Crippen LogP contribution in [0.4, 0.5) is 4.39 Å². The fourth-order valence-corrected chi connectivity index (χ4v) is 4.47. The van der Waals surface area contributed by atoms with E-state index < -0.39 is 5.97 Å². The number of aliphatic carboxylic acids is 1. The molecule has 0 spiro atoms. The van der Waals surface area contributed by atoms with Crippen molar-refractivity contribution in [2.45, 2.75) is 45.6 Å². The van der Waals surface area contributed by atoms with Crippen LogP contribution in [0.5, 0.6) is 0 Å². The molecule has 0 saturated carbocycles. The molecule has 196 valence electrons. The molecule has 0 fully saturated rings. The standard InChI is InChI=1S/C30H29ClFN3O3/c1-18(2)28(19-9-14-23(32)15-10-19)35-30(38)21-11-16-24-26(17-21)33-25(5-3-4-6-27(36)37)29(34-24)20-7-12-22(31)13-8-20/h7-18,28H,3-6H2,1-2H3,(H,35,38)(H,36,37)/t28-/m1/s1. The third-order valence-electron chi connectivity index (χ3n) is 6.35. The second kappa shape index (κ2) is 12.1. The Morgan fingerprint density at radius 3 is 2.32 bits per heavy atom. The molecule has 6 nitrogen and oxygen atoms in total. The summed E-state index contributed by atoms with van der Waals surface area (Å²) in [4.78, 5) is 33.9. The van der Waals surface area contributed by atoms with Crippen LogP contribution >= 0.6 is 11.6 Å². The highest BCUT2D eigenvalue weighted by atomic mass is 35.5. The summed E-state index contributed by atoms with van der Waals surface area (Å²) in [5.74, 6) is -1.33. The summed E-state index contributed by atoms with van der Waals surface area (Å²) < 4.78 is 13.4. The summed E-state index contributed by atoms with van der Waals surface area (Å²) in [6.07, 6.45) is 1.80. The lowest BCUT2D eigenvalue weighted by Crippen LogP contribution is -2.31. The maximum Gasteiger partial charge on any atom is 0.303 e. The van der Waals surface area contributed by atoms with Crippen molar-refractivity contribution in [1.82, 2.24) is 15.3 Å². The Kier molecular flexibility index (Phi) is 8.69. The van der Waals surface area contributed by atoms with E-state index in [1.165, 1.54) is 12.1 Å². The number of aryl methyl sites for hydroxylation is 1. The molecular formula is C30H29ClFN3O3. The number of benzene rings is 3. The van der Waals surface area contributed by atoms with Crippen LogP contribution in [-0.2, 0) is 11.2 Å². The highest BCUT2D eigenvalue weighted by molar-refractivity contribution is 6.30. The van der Waals surface area contributed by atoms with Gasteiger partial charge < -0.3 is 10.4 Å². The zero-order valence-corrected chi connectivity index (χ0v) is 22.0. The number of aromatic nitrogens is 2. The minimum Gasteiger partial charge on any atom is -0.481 e. The van der Waals surface area contributed by atoms with E-state index >= 15 is 0 Å². The lowest BCUT2D eigenvalue weighted by molar-refractivity contribution is -0.137. The molecule has 0 aliphatic heterocycles. The predicted molar refractivity (Wildman–Crippen MR) is 147 cm³/mol. The van der Waals surface area contributed by atoms with Crippen LogP contribution in [0.1, 0.15) is 60.8 Å². The van der Waals surface area contributed by atoms with Crippen molar-refractivity contribution < 1.29 is 19.1 Å². The zero-order valence-electron chi connectivity index (χ0n) is 21.2. The van der Waals surface area contributed by atoms with Gasteiger partial charge in [-0.3, -0.25) is 9.59 Å². The monoisotopic (exact) mass is 533 g/mol. The van der Waals surface area contributed by atoms with E-state index in [1.54, 1.807) is 42.5 Å². The van der Waals surface area contributed by atoms with Crippen LogP contribution < -0.4 is 5.32 Å². The van der Waals surface area contributed by atoms with Crippen LogP contribution in [0.25, 0.3) is 22.3 Å². The van der Waals surface area contributed by atoms with Crippen LogP contribution in [0.3, 0.4) is 0 Å². The molecule has 4 aromatic rings. The SMILES string of the molecule is CC(C)[C@@H](NC(=O)c1ccc2nc(-c3ccc(Cl)cc3)c(CCCCC(=O)O)nc2c1)c1ccc(F)cc1. The normalized spacial score (nSPS) is 12.0. The van der Waals surface area contributed by atoms with Gasteiger partial charge in [-0.25, -0.2) is 14.4 Å². The minimum absolute atomic E-state index is 0.0870. The molecule has 0 saturated heterocycles. The summed E-state index contributed by atoms with van der Waals surface area (Å²) in [5, 5.41) is 12.7. The van der Waals surface area contributed by atoms with E-state index in [1.807, 2.05) is 26.0 Å². The Bertz CT molecular complexity index is 1440. The first-order valence-electron chi connectivity index (χ1n) is 12.6. The molecule has 3 aromatic carbocycles. The molecular weight excluding hydrogens is 505 g/mol. The first-order valence-corrected chi connectivity index (χ1v) is 12.9. The van der Waals surface area contributed by atoms with Crippen LogP contribution in [0.2, 0.25) is 5.02 Å². The van der Waals surface area contributed by atoms with E-state index in [9.17, 15) is 14.0 Å². The number of halogens is 2. The largest absolute Gasteiger partial charge is 0.481 e. The lowest BCUT2D eigenvalue weighted by atomic mass is 9.95. The molecule has 8 heteroatoms. The number of fused-ring (bicyclic) bond motifs is 1. The van der Waals surface area contributed by atoms with Crippen molar-refractivity contribution in [3.63, 3.8) is 0 Å². The van der Waals surface area contributed by atoms with Crippen LogP contribution in [-0.4, -0.2) is 27.0 Å². The topological polar surface area (TPSA) is 92.2 Å². The van der Waals surface area contributed by atoms with Gasteiger partial charge in [-0.1, -0.05) is 49.7 Å². The summed E-state index contributed by atoms with van der Waals surface area (Å²) >= 11 is 6.07. The Hall–Kier alpha value is -3.84. The molecule has 0 aliphatic rings. The highest BCUT2D eigenvalue weighted by Crippen LogP contribution is 2.27. The molecule has 2 N–H and O–H groups in total. The number of carbonyl (C=O) groups is 2. The number of hydrogen-bond acceptors (Lipinski definition) is 4. The number of unbranched alkanes of at least 4 members (excludes halogenated alkanes) is 1. The van der Waals surface area contributed by atoms with Gasteiger partial charge in [-0.15, -0.1) is 0 Å². The molecule has 0 aliphatic carbocycles. The summed E-state index contributed by atoms with van der Waals surface area (Å²) in [5.41, 5.74) is 4.78. The molecule has 38 heavy (non-hydrogen) atoms. The first-order chi connectivity index (χ1) is 18.2. The third-order valence-corrected chi connectivity index (χ3v) is 6.60. The molecule has 1 atom stereocenters. The van der Waals surface area contributed by atoms with E-state index in [0.717, 1.165) is 16.8 Å². The number of carboxylic acids is 1. The highest BCUT2D eigenvalue weighted by Gasteiger charge is 2.20. The van der Waals surface area contributed by atoms with Crippen molar-refractivity contribution in [2.24, 2.45) is 5.92 Å². The maximum atomic E-state index is 13.4. The van der Waals surface area contributed by atoms with E-state index in [2.05, 4.69) is 5.32 Å². The van der Waals surface area contributed by atoms with E-state index in [4.69, 9.17) is 26.7 Å². The second-order valence-electron chi connectivity index (χ2n) is 9.58. The van der Waals surface area contributed by atoms with Gasteiger partial charge in [0.25, 0.3) is 5.91 Å². The quantitative estimate of drug-likeness (QED) is 0.214. The lowest BCUT2D eigenvalue weighted by Gasteiger charge is -2.23. The molecule has 0 bridgehead atoms. The van der Waals surface area contributed by atoms with E-state index in [0.29, 0.717) is 46.6 Å². The number of carboxylic acid groups (broad SMARTS) is 1. The van der Waals surface area contributed by atoms with E-state index in [-0.39, 0.29) is 30.1 Å².